The van der Waals surface area contributed by atoms with Crippen molar-refractivity contribution in [2.24, 2.45) is 7.05 Å². The van der Waals surface area contributed by atoms with E-state index in [1.54, 1.807) is 17.1 Å². The summed E-state index contributed by atoms with van der Waals surface area (Å²) < 4.78 is 28.5. The minimum absolute atomic E-state index is 0.0931. The van der Waals surface area contributed by atoms with Gasteiger partial charge in [0.15, 0.2) is 0 Å². The number of nitrogens with one attached hydrogen (secondary N) is 1. The van der Waals surface area contributed by atoms with E-state index in [1.807, 2.05) is 31.1 Å². The zero-order chi connectivity index (χ0) is 21.3. The Bertz CT molecular complexity index is 904. The molecule has 2 saturated heterocycles. The third-order valence-electron chi connectivity index (χ3n) is 5.55. The van der Waals surface area contributed by atoms with Gasteiger partial charge in [0.2, 0.25) is 11.9 Å². The van der Waals surface area contributed by atoms with Gasteiger partial charge in [-0.2, -0.15) is 10.1 Å². The van der Waals surface area contributed by atoms with Crippen LogP contribution >= 0.6 is 0 Å². The molecule has 4 heterocycles. The molecule has 0 aliphatic carbocycles. The first-order chi connectivity index (χ1) is 14.3. The fourth-order valence-corrected chi connectivity index (χ4v) is 3.86. The molecule has 2 fully saturated rings. The van der Waals surface area contributed by atoms with Crippen molar-refractivity contribution in [2.75, 3.05) is 49.5 Å². The van der Waals surface area contributed by atoms with Crippen LogP contribution in [-0.4, -0.2) is 86.7 Å². The minimum atomic E-state index is -2.76. The minimum Gasteiger partial charge on any atom is -0.354 e. The fraction of sp³-hybridized carbons (Fsp3) is 0.579. The Morgan fingerprint density at radius 2 is 2.17 bits per heavy atom. The monoisotopic (exact) mass is 420 g/mol. The first-order valence-electron chi connectivity index (χ1n) is 10.0. The Balaban J connectivity index is 1.34. The second kappa shape index (κ2) is 8.13. The summed E-state index contributed by atoms with van der Waals surface area (Å²) >= 11 is 0. The predicted molar refractivity (Wildman–Crippen MR) is 108 cm³/mol. The molecule has 2 aromatic heterocycles. The lowest BCUT2D eigenvalue weighted by Gasteiger charge is -2.40. The molecule has 0 radical (unpaired) electrons. The van der Waals surface area contributed by atoms with E-state index in [0.717, 1.165) is 11.5 Å². The SMILES string of the molecule is CC1CN(c2ccnc(Nc3cnn(C)c3)n2)CCN1CC(=O)N1CCC(F)(F)C1. The van der Waals surface area contributed by atoms with E-state index in [0.29, 0.717) is 25.6 Å². The molecular weight excluding hydrogens is 394 g/mol. The Kier molecular flexibility index (Phi) is 5.54. The molecule has 30 heavy (non-hydrogen) atoms. The Morgan fingerprint density at radius 1 is 1.33 bits per heavy atom. The zero-order valence-electron chi connectivity index (χ0n) is 17.1. The number of carbonyl (C=O) groups excluding carboxylic acids is 1. The molecule has 2 aromatic rings. The molecule has 1 atom stereocenters. The van der Waals surface area contributed by atoms with Crippen molar-refractivity contribution in [3.8, 4) is 0 Å². The van der Waals surface area contributed by atoms with E-state index in [2.05, 4.69) is 25.3 Å². The lowest BCUT2D eigenvalue weighted by atomic mass is 10.2. The van der Waals surface area contributed by atoms with Crippen LogP contribution in [0.5, 0.6) is 0 Å². The maximum Gasteiger partial charge on any atom is 0.267 e. The number of piperazine rings is 1. The van der Waals surface area contributed by atoms with E-state index in [-0.39, 0.29) is 31.5 Å². The maximum absolute atomic E-state index is 13.4. The molecule has 0 spiro atoms. The molecule has 0 bridgehead atoms. The summed E-state index contributed by atoms with van der Waals surface area (Å²) in [5.74, 6) is -1.69. The van der Waals surface area contributed by atoms with E-state index in [9.17, 15) is 13.6 Å². The summed E-state index contributed by atoms with van der Waals surface area (Å²) in [4.78, 5) is 26.7. The Hall–Kier alpha value is -2.82. The number of aromatic nitrogens is 4. The van der Waals surface area contributed by atoms with Gasteiger partial charge in [-0.3, -0.25) is 14.4 Å². The third kappa shape index (κ3) is 4.66. The van der Waals surface area contributed by atoms with Gasteiger partial charge in [0.05, 0.1) is 25.0 Å². The van der Waals surface area contributed by atoms with Crippen LogP contribution in [0.15, 0.2) is 24.7 Å². The van der Waals surface area contributed by atoms with Gasteiger partial charge < -0.3 is 15.1 Å². The first-order valence-corrected chi connectivity index (χ1v) is 10.0. The van der Waals surface area contributed by atoms with Gasteiger partial charge in [0.25, 0.3) is 5.92 Å². The van der Waals surface area contributed by atoms with E-state index in [4.69, 9.17) is 0 Å². The number of aryl methyl sites for hydroxylation is 1. The second-order valence-corrected chi connectivity index (χ2v) is 7.95. The summed E-state index contributed by atoms with van der Waals surface area (Å²) in [6.45, 7) is 3.91. The van der Waals surface area contributed by atoms with Crippen molar-refractivity contribution in [1.82, 2.24) is 29.5 Å². The molecule has 1 amide bonds. The highest BCUT2D eigenvalue weighted by molar-refractivity contribution is 5.78. The number of carbonyl (C=O) groups is 1. The number of likely N-dealkylation sites (tertiary alicyclic amines) is 1. The highest BCUT2D eigenvalue weighted by Gasteiger charge is 2.40. The van der Waals surface area contributed by atoms with Crippen LogP contribution < -0.4 is 10.2 Å². The Labute approximate surface area is 173 Å². The van der Waals surface area contributed by atoms with Crippen molar-refractivity contribution in [3.63, 3.8) is 0 Å². The van der Waals surface area contributed by atoms with Gasteiger partial charge in [0, 0.05) is 58.1 Å². The molecule has 1 N–H and O–H groups in total. The van der Waals surface area contributed by atoms with Crippen molar-refractivity contribution >= 4 is 23.4 Å². The van der Waals surface area contributed by atoms with Crippen LogP contribution in [0.2, 0.25) is 0 Å². The normalized spacial score (nSPS) is 21.8. The van der Waals surface area contributed by atoms with Crippen LogP contribution in [0, 0.1) is 0 Å². The average molecular weight is 420 g/mol. The van der Waals surface area contributed by atoms with Crippen LogP contribution in [0.3, 0.4) is 0 Å². The summed E-state index contributed by atoms with van der Waals surface area (Å²) in [7, 11) is 1.84. The lowest BCUT2D eigenvalue weighted by molar-refractivity contribution is -0.133. The number of alkyl halides is 2. The van der Waals surface area contributed by atoms with Gasteiger partial charge in [-0.1, -0.05) is 0 Å². The van der Waals surface area contributed by atoms with Gasteiger partial charge in [-0.15, -0.1) is 0 Å². The quantitative estimate of drug-likeness (QED) is 0.782. The van der Waals surface area contributed by atoms with Gasteiger partial charge in [-0.25, -0.2) is 13.8 Å². The van der Waals surface area contributed by atoms with Gasteiger partial charge >= 0.3 is 0 Å². The average Bonchev–Trinajstić information content (AvgIpc) is 3.28. The zero-order valence-corrected chi connectivity index (χ0v) is 17.1. The molecule has 0 aromatic carbocycles. The first kappa shape index (κ1) is 20.5. The topological polar surface area (TPSA) is 82.4 Å². The largest absolute Gasteiger partial charge is 0.354 e. The van der Waals surface area contributed by atoms with Crippen molar-refractivity contribution in [1.29, 1.82) is 0 Å². The predicted octanol–water partition coefficient (Wildman–Crippen LogP) is 1.33. The fourth-order valence-electron chi connectivity index (χ4n) is 3.86. The summed E-state index contributed by atoms with van der Waals surface area (Å²) in [5, 5.41) is 7.25. The Morgan fingerprint density at radius 3 is 2.83 bits per heavy atom. The molecule has 2 aliphatic heterocycles. The summed E-state index contributed by atoms with van der Waals surface area (Å²) in [5.41, 5.74) is 0.804. The van der Waals surface area contributed by atoms with Crippen molar-refractivity contribution in [2.45, 2.75) is 25.3 Å². The lowest BCUT2D eigenvalue weighted by Crippen LogP contribution is -2.55. The standard InChI is InChI=1S/C19H26F2N8O/c1-14-10-28(8-7-27(14)12-17(30)29-6-4-19(20,21)13-29)16-3-5-22-18(25-16)24-15-9-23-26(2)11-15/h3,5,9,11,14H,4,6-8,10,12-13H2,1-2H3,(H,22,24,25). The van der Waals surface area contributed by atoms with Crippen LogP contribution in [0.25, 0.3) is 0 Å². The van der Waals surface area contributed by atoms with E-state index < -0.39 is 12.5 Å². The van der Waals surface area contributed by atoms with E-state index in [1.165, 1.54) is 4.90 Å². The van der Waals surface area contributed by atoms with Crippen molar-refractivity contribution < 1.29 is 13.6 Å². The smallest absolute Gasteiger partial charge is 0.267 e. The molecule has 0 saturated carbocycles. The molecule has 2 aliphatic rings. The number of amides is 1. The van der Waals surface area contributed by atoms with Gasteiger partial charge in [0.1, 0.15) is 5.82 Å². The summed E-state index contributed by atoms with van der Waals surface area (Å²) in [6.07, 6.45) is 4.99. The summed E-state index contributed by atoms with van der Waals surface area (Å²) in [6, 6.07) is 1.95. The molecule has 162 valence electrons. The van der Waals surface area contributed by atoms with Crippen molar-refractivity contribution in [3.05, 3.63) is 24.7 Å². The number of hydrogen-bond acceptors (Lipinski definition) is 7. The molecule has 1 unspecified atom stereocenters. The maximum atomic E-state index is 13.4. The van der Waals surface area contributed by atoms with Crippen LogP contribution in [0.4, 0.5) is 26.2 Å². The highest BCUT2D eigenvalue weighted by atomic mass is 19.3. The molecule has 11 heteroatoms. The molecular formula is C19H26F2N8O. The van der Waals surface area contributed by atoms with Gasteiger partial charge in [-0.05, 0) is 13.0 Å². The number of rotatable bonds is 5. The second-order valence-electron chi connectivity index (χ2n) is 7.95. The van der Waals surface area contributed by atoms with Crippen LogP contribution in [0.1, 0.15) is 13.3 Å². The number of anilines is 3. The molecule has 9 nitrogen and oxygen atoms in total. The third-order valence-corrected chi connectivity index (χ3v) is 5.55. The van der Waals surface area contributed by atoms with Crippen LogP contribution in [-0.2, 0) is 11.8 Å². The molecule has 4 rings (SSSR count). The number of hydrogen-bond donors (Lipinski definition) is 1. The number of nitrogens with zero attached hydrogens (tertiary/aromatic N) is 7. The number of halogens is 2. The highest BCUT2D eigenvalue weighted by Crippen LogP contribution is 2.27. The van der Waals surface area contributed by atoms with E-state index >= 15 is 0 Å².